The molecule has 2 aromatic rings. The Hall–Kier alpha value is -2.54. The Morgan fingerprint density at radius 1 is 1.12 bits per heavy atom. The van der Waals surface area contributed by atoms with Gasteiger partial charge >= 0.3 is 6.03 Å². The first-order valence-electron chi connectivity index (χ1n) is 8.12. The second-order valence-corrected chi connectivity index (χ2v) is 5.95. The molecular formula is C17H23ClN6O. The normalized spacial score (nSPS) is 10.2. The summed E-state index contributed by atoms with van der Waals surface area (Å²) in [5.41, 5.74) is 2.49. The van der Waals surface area contributed by atoms with Gasteiger partial charge in [0.1, 0.15) is 5.82 Å². The number of rotatable bonds is 7. The monoisotopic (exact) mass is 362 g/mol. The van der Waals surface area contributed by atoms with Crippen LogP contribution >= 0.6 is 11.6 Å². The number of carbonyl (C=O) groups is 1. The summed E-state index contributed by atoms with van der Waals surface area (Å²) in [6.45, 7) is 7.57. The fourth-order valence-electron chi connectivity index (χ4n) is 2.15. The van der Waals surface area contributed by atoms with Gasteiger partial charge in [0.2, 0.25) is 5.95 Å². The van der Waals surface area contributed by atoms with Crippen LogP contribution in [0.5, 0.6) is 0 Å². The molecule has 4 N–H and O–H groups in total. The molecule has 0 radical (unpaired) electrons. The number of aryl methyl sites for hydroxylation is 2. The zero-order valence-electron chi connectivity index (χ0n) is 14.6. The van der Waals surface area contributed by atoms with E-state index in [0.717, 1.165) is 17.8 Å². The standard InChI is InChI=1S/C17H23ClN6O/c1-4-19-16-22-12(3)10-15(24-16)20-7-8-21-17(25)23-14-6-5-11(2)9-13(14)18/h5-6,9-10H,4,7-8H2,1-3H3,(H2,21,23,25)(H2,19,20,22,24). The van der Waals surface area contributed by atoms with Crippen molar-refractivity contribution in [2.45, 2.75) is 20.8 Å². The molecule has 8 heteroatoms. The average Bonchev–Trinajstić information content (AvgIpc) is 2.54. The highest BCUT2D eigenvalue weighted by Gasteiger charge is 2.05. The Labute approximate surface area is 152 Å². The van der Waals surface area contributed by atoms with Crippen molar-refractivity contribution in [2.24, 2.45) is 0 Å². The molecule has 2 rings (SSSR count). The molecule has 0 saturated heterocycles. The number of halogens is 1. The van der Waals surface area contributed by atoms with Crippen molar-refractivity contribution in [1.82, 2.24) is 15.3 Å². The minimum Gasteiger partial charge on any atom is -0.368 e. The molecule has 2 amide bonds. The predicted molar refractivity (Wildman–Crippen MR) is 103 cm³/mol. The summed E-state index contributed by atoms with van der Waals surface area (Å²) in [4.78, 5) is 20.5. The van der Waals surface area contributed by atoms with E-state index in [-0.39, 0.29) is 6.03 Å². The van der Waals surface area contributed by atoms with Gasteiger partial charge in [0.15, 0.2) is 0 Å². The van der Waals surface area contributed by atoms with Gasteiger partial charge in [-0.2, -0.15) is 4.98 Å². The first-order chi connectivity index (χ1) is 12.0. The van der Waals surface area contributed by atoms with Crippen LogP contribution in [0.2, 0.25) is 5.02 Å². The van der Waals surface area contributed by atoms with Crippen LogP contribution in [0.4, 0.5) is 22.2 Å². The molecule has 1 aromatic heterocycles. The maximum absolute atomic E-state index is 11.9. The molecule has 0 atom stereocenters. The van der Waals surface area contributed by atoms with Crippen LogP contribution in [0.3, 0.4) is 0 Å². The van der Waals surface area contributed by atoms with Crippen LogP contribution in [-0.4, -0.2) is 35.6 Å². The summed E-state index contributed by atoms with van der Waals surface area (Å²) in [5, 5.41) is 12.2. The lowest BCUT2D eigenvalue weighted by Crippen LogP contribution is -2.32. The molecule has 134 valence electrons. The smallest absolute Gasteiger partial charge is 0.319 e. The van der Waals surface area contributed by atoms with E-state index >= 15 is 0 Å². The Morgan fingerprint density at radius 3 is 2.64 bits per heavy atom. The van der Waals surface area contributed by atoms with Crippen molar-refractivity contribution >= 4 is 35.1 Å². The third kappa shape index (κ3) is 6.11. The Balaban J connectivity index is 1.78. The van der Waals surface area contributed by atoms with Gasteiger partial charge < -0.3 is 21.3 Å². The first-order valence-corrected chi connectivity index (χ1v) is 8.50. The molecule has 0 saturated carbocycles. The van der Waals surface area contributed by atoms with Crippen LogP contribution < -0.4 is 21.3 Å². The maximum atomic E-state index is 11.9. The van der Waals surface area contributed by atoms with Crippen LogP contribution in [-0.2, 0) is 0 Å². The van der Waals surface area contributed by atoms with Gasteiger partial charge in [-0.15, -0.1) is 0 Å². The maximum Gasteiger partial charge on any atom is 0.319 e. The van der Waals surface area contributed by atoms with Crippen molar-refractivity contribution in [3.05, 3.63) is 40.5 Å². The zero-order chi connectivity index (χ0) is 18.2. The molecule has 7 nitrogen and oxygen atoms in total. The largest absolute Gasteiger partial charge is 0.368 e. The van der Waals surface area contributed by atoms with Crippen LogP contribution in [0.1, 0.15) is 18.2 Å². The summed E-state index contributed by atoms with van der Waals surface area (Å²) in [5.74, 6) is 1.30. The van der Waals surface area contributed by atoms with E-state index in [9.17, 15) is 4.79 Å². The molecule has 0 bridgehead atoms. The van der Waals surface area contributed by atoms with Crippen molar-refractivity contribution in [3.63, 3.8) is 0 Å². The number of anilines is 3. The molecule has 25 heavy (non-hydrogen) atoms. The third-order valence-corrected chi connectivity index (χ3v) is 3.59. The van der Waals surface area contributed by atoms with E-state index in [2.05, 4.69) is 31.2 Å². The molecule has 0 unspecified atom stereocenters. The van der Waals surface area contributed by atoms with Crippen LogP contribution in [0.15, 0.2) is 24.3 Å². The Morgan fingerprint density at radius 2 is 1.92 bits per heavy atom. The quantitative estimate of drug-likeness (QED) is 0.566. The van der Waals surface area contributed by atoms with Gasteiger partial charge in [0, 0.05) is 31.4 Å². The zero-order valence-corrected chi connectivity index (χ0v) is 15.4. The molecule has 0 aliphatic heterocycles. The van der Waals surface area contributed by atoms with Crippen molar-refractivity contribution in [2.75, 3.05) is 35.6 Å². The number of hydrogen-bond acceptors (Lipinski definition) is 5. The Bertz CT molecular complexity index is 737. The number of hydrogen-bond donors (Lipinski definition) is 4. The predicted octanol–water partition coefficient (Wildman–Crippen LogP) is 3.41. The van der Waals surface area contributed by atoms with Gasteiger partial charge in [-0.05, 0) is 38.5 Å². The van der Waals surface area contributed by atoms with Crippen molar-refractivity contribution < 1.29 is 4.79 Å². The van der Waals surface area contributed by atoms with Crippen molar-refractivity contribution in [1.29, 1.82) is 0 Å². The lowest BCUT2D eigenvalue weighted by molar-refractivity contribution is 0.252. The topological polar surface area (TPSA) is 91.0 Å². The third-order valence-electron chi connectivity index (χ3n) is 3.28. The van der Waals surface area contributed by atoms with E-state index in [1.807, 2.05) is 32.9 Å². The average molecular weight is 363 g/mol. The molecule has 0 aliphatic rings. The van der Waals surface area contributed by atoms with E-state index in [1.165, 1.54) is 0 Å². The SMILES string of the molecule is CCNc1nc(C)cc(NCCNC(=O)Nc2ccc(C)cc2Cl)n1. The molecule has 1 aromatic carbocycles. The fourth-order valence-corrected chi connectivity index (χ4v) is 2.43. The molecular weight excluding hydrogens is 340 g/mol. The second kappa shape index (κ2) is 9.08. The molecule has 0 spiro atoms. The highest BCUT2D eigenvalue weighted by atomic mass is 35.5. The minimum atomic E-state index is -0.306. The number of nitrogens with zero attached hydrogens (tertiary/aromatic N) is 2. The number of aromatic nitrogens is 2. The first kappa shape index (κ1) is 18.8. The minimum absolute atomic E-state index is 0.306. The number of carbonyl (C=O) groups excluding carboxylic acids is 1. The Kier molecular flexibility index (Phi) is 6.82. The van der Waals surface area contributed by atoms with Gasteiger partial charge in [-0.1, -0.05) is 17.7 Å². The summed E-state index contributed by atoms with van der Waals surface area (Å²) in [6.07, 6.45) is 0. The molecule has 0 aliphatic carbocycles. The fraction of sp³-hybridized carbons (Fsp3) is 0.353. The lowest BCUT2D eigenvalue weighted by atomic mass is 10.2. The molecule has 0 fully saturated rings. The van der Waals surface area contributed by atoms with E-state index < -0.39 is 0 Å². The summed E-state index contributed by atoms with van der Waals surface area (Å²) >= 11 is 6.10. The van der Waals surface area contributed by atoms with Gasteiger partial charge in [-0.3, -0.25) is 0 Å². The van der Waals surface area contributed by atoms with Gasteiger partial charge in [-0.25, -0.2) is 9.78 Å². The van der Waals surface area contributed by atoms with Crippen molar-refractivity contribution in [3.8, 4) is 0 Å². The van der Waals surface area contributed by atoms with Crippen LogP contribution in [0, 0.1) is 13.8 Å². The lowest BCUT2D eigenvalue weighted by Gasteiger charge is -2.11. The number of benzene rings is 1. The second-order valence-electron chi connectivity index (χ2n) is 5.54. The highest BCUT2D eigenvalue weighted by Crippen LogP contribution is 2.22. The summed E-state index contributed by atoms with van der Waals surface area (Å²) in [7, 11) is 0. The van der Waals surface area contributed by atoms with Gasteiger partial charge in [0.05, 0.1) is 10.7 Å². The van der Waals surface area contributed by atoms with E-state index in [0.29, 0.717) is 35.6 Å². The van der Waals surface area contributed by atoms with Gasteiger partial charge in [0.25, 0.3) is 0 Å². The number of amides is 2. The molecule has 1 heterocycles. The van der Waals surface area contributed by atoms with Crippen LogP contribution in [0.25, 0.3) is 0 Å². The summed E-state index contributed by atoms with van der Waals surface area (Å²) in [6, 6.07) is 7.02. The number of nitrogens with one attached hydrogen (secondary N) is 4. The van der Waals surface area contributed by atoms with E-state index in [4.69, 9.17) is 11.6 Å². The highest BCUT2D eigenvalue weighted by molar-refractivity contribution is 6.33. The van der Waals surface area contributed by atoms with E-state index in [1.54, 1.807) is 12.1 Å². The number of urea groups is 1. The summed E-state index contributed by atoms with van der Waals surface area (Å²) < 4.78 is 0.